The van der Waals surface area contributed by atoms with Crippen molar-refractivity contribution in [3.63, 3.8) is 0 Å². The maximum Gasteiger partial charge on any atom is 0.246 e. The molecule has 0 atom stereocenters. The average Bonchev–Trinajstić information content (AvgIpc) is 2.95. The predicted molar refractivity (Wildman–Crippen MR) is 50.7 cm³/mol. The fraction of sp³-hybridized carbons (Fsp3) is 0.778. The first-order valence-electron chi connectivity index (χ1n) is 4.86. The third-order valence-corrected chi connectivity index (χ3v) is 1.83. The first kappa shape index (κ1) is 11.0. The Balaban J connectivity index is 2.00. The second kappa shape index (κ2) is 5.59. The summed E-state index contributed by atoms with van der Waals surface area (Å²) < 4.78 is 4.88. The molecule has 0 aromatic heterocycles. The molecule has 0 aliphatic heterocycles. The highest BCUT2D eigenvalue weighted by Crippen LogP contribution is 2.17. The van der Waals surface area contributed by atoms with E-state index in [0.717, 1.165) is 12.8 Å². The molecule has 1 fully saturated rings. The molecular weight excluding hydrogens is 184 g/mol. The summed E-state index contributed by atoms with van der Waals surface area (Å²) >= 11 is 0. The normalized spacial score (nSPS) is 14.9. The number of carbonyl (C=O) groups is 2. The highest BCUT2D eigenvalue weighted by molar-refractivity contribution is 5.85. The molecule has 0 aromatic carbocycles. The molecule has 14 heavy (non-hydrogen) atoms. The van der Waals surface area contributed by atoms with Crippen molar-refractivity contribution in [2.75, 3.05) is 19.8 Å². The minimum absolute atomic E-state index is 0.0210. The van der Waals surface area contributed by atoms with Gasteiger partial charge in [0, 0.05) is 12.6 Å². The Labute approximate surface area is 83.2 Å². The topological polar surface area (TPSA) is 67.4 Å². The SMILES string of the molecule is CCOCC(=O)NCC(=O)NC1CC1. The van der Waals surface area contributed by atoms with Crippen LogP contribution in [0.25, 0.3) is 0 Å². The van der Waals surface area contributed by atoms with Gasteiger partial charge in [0.05, 0.1) is 6.54 Å². The second-order valence-corrected chi connectivity index (χ2v) is 3.26. The van der Waals surface area contributed by atoms with E-state index >= 15 is 0 Å². The summed E-state index contributed by atoms with van der Waals surface area (Å²) in [6.07, 6.45) is 2.11. The van der Waals surface area contributed by atoms with E-state index in [4.69, 9.17) is 4.74 Å². The lowest BCUT2D eigenvalue weighted by Gasteiger charge is -2.05. The molecule has 2 N–H and O–H groups in total. The summed E-state index contributed by atoms with van der Waals surface area (Å²) in [6.45, 7) is 2.38. The molecule has 0 spiro atoms. The lowest BCUT2D eigenvalue weighted by atomic mass is 10.5. The minimum atomic E-state index is -0.252. The molecule has 0 heterocycles. The third kappa shape index (κ3) is 4.81. The van der Waals surface area contributed by atoms with Gasteiger partial charge in [-0.3, -0.25) is 9.59 Å². The molecule has 0 radical (unpaired) electrons. The molecule has 5 heteroatoms. The van der Waals surface area contributed by atoms with E-state index in [-0.39, 0.29) is 25.0 Å². The third-order valence-electron chi connectivity index (χ3n) is 1.83. The quantitative estimate of drug-likeness (QED) is 0.602. The maximum absolute atomic E-state index is 11.1. The number of nitrogens with one attached hydrogen (secondary N) is 2. The molecule has 5 nitrogen and oxygen atoms in total. The minimum Gasteiger partial charge on any atom is -0.372 e. The Morgan fingerprint density at radius 2 is 2.07 bits per heavy atom. The van der Waals surface area contributed by atoms with Crippen LogP contribution in [0.3, 0.4) is 0 Å². The number of hydrogen-bond acceptors (Lipinski definition) is 3. The number of rotatable bonds is 6. The predicted octanol–water partition coefficient (Wildman–Crippen LogP) is -0.582. The molecular formula is C9H16N2O3. The zero-order valence-electron chi connectivity index (χ0n) is 8.34. The molecule has 1 saturated carbocycles. The van der Waals surface area contributed by atoms with Gasteiger partial charge in [-0.25, -0.2) is 0 Å². The van der Waals surface area contributed by atoms with Crippen molar-refractivity contribution < 1.29 is 14.3 Å². The first-order chi connectivity index (χ1) is 6.72. The summed E-state index contributed by atoms with van der Waals surface area (Å²) in [7, 11) is 0. The smallest absolute Gasteiger partial charge is 0.246 e. The Kier molecular flexibility index (Phi) is 4.39. The van der Waals surface area contributed by atoms with Crippen LogP contribution in [-0.4, -0.2) is 37.6 Å². The van der Waals surface area contributed by atoms with Crippen LogP contribution in [0.2, 0.25) is 0 Å². The molecule has 1 aliphatic carbocycles. The Hall–Kier alpha value is -1.10. The van der Waals surface area contributed by atoms with E-state index < -0.39 is 0 Å². The lowest BCUT2D eigenvalue weighted by Crippen LogP contribution is -2.39. The van der Waals surface area contributed by atoms with Gasteiger partial charge in [0.1, 0.15) is 6.61 Å². The van der Waals surface area contributed by atoms with Crippen LogP contribution >= 0.6 is 0 Å². The molecule has 0 unspecified atom stereocenters. The van der Waals surface area contributed by atoms with Crippen LogP contribution in [0, 0.1) is 0 Å². The van der Waals surface area contributed by atoms with Gasteiger partial charge in [-0.05, 0) is 19.8 Å². The Bertz CT molecular complexity index is 214. The van der Waals surface area contributed by atoms with Crippen LogP contribution in [0.15, 0.2) is 0 Å². The molecule has 1 aliphatic rings. The number of ether oxygens (including phenoxy) is 1. The average molecular weight is 200 g/mol. The van der Waals surface area contributed by atoms with Gasteiger partial charge in [0.2, 0.25) is 11.8 Å². The monoisotopic (exact) mass is 200 g/mol. The van der Waals surface area contributed by atoms with Crippen molar-refractivity contribution >= 4 is 11.8 Å². The van der Waals surface area contributed by atoms with Gasteiger partial charge < -0.3 is 15.4 Å². The Morgan fingerprint density at radius 1 is 1.36 bits per heavy atom. The number of hydrogen-bond donors (Lipinski definition) is 2. The molecule has 0 aromatic rings. The zero-order chi connectivity index (χ0) is 10.4. The highest BCUT2D eigenvalue weighted by Gasteiger charge is 2.22. The van der Waals surface area contributed by atoms with Crippen LogP contribution < -0.4 is 10.6 Å². The Morgan fingerprint density at radius 3 is 2.64 bits per heavy atom. The number of carbonyl (C=O) groups excluding carboxylic acids is 2. The van der Waals surface area contributed by atoms with E-state index in [1.54, 1.807) is 0 Å². The van der Waals surface area contributed by atoms with Gasteiger partial charge in [-0.1, -0.05) is 0 Å². The van der Waals surface area contributed by atoms with Crippen molar-refractivity contribution in [3.8, 4) is 0 Å². The molecule has 2 amide bonds. The van der Waals surface area contributed by atoms with Crippen molar-refractivity contribution in [3.05, 3.63) is 0 Å². The van der Waals surface area contributed by atoms with Gasteiger partial charge in [-0.15, -0.1) is 0 Å². The van der Waals surface area contributed by atoms with E-state index in [1.165, 1.54) is 0 Å². The summed E-state index contributed by atoms with van der Waals surface area (Å²) in [5.41, 5.74) is 0. The summed E-state index contributed by atoms with van der Waals surface area (Å²) in [5.74, 6) is -0.379. The fourth-order valence-electron chi connectivity index (χ4n) is 0.931. The summed E-state index contributed by atoms with van der Waals surface area (Å²) in [5, 5.41) is 5.25. The van der Waals surface area contributed by atoms with Crippen LogP contribution in [0.4, 0.5) is 0 Å². The van der Waals surface area contributed by atoms with Crippen LogP contribution in [-0.2, 0) is 14.3 Å². The van der Waals surface area contributed by atoms with E-state index in [1.807, 2.05) is 6.92 Å². The van der Waals surface area contributed by atoms with Crippen LogP contribution in [0.5, 0.6) is 0 Å². The van der Waals surface area contributed by atoms with E-state index in [9.17, 15) is 9.59 Å². The lowest BCUT2D eigenvalue weighted by molar-refractivity contribution is -0.128. The highest BCUT2D eigenvalue weighted by atomic mass is 16.5. The summed E-state index contributed by atoms with van der Waals surface area (Å²) in [6, 6.07) is 0.339. The number of amides is 2. The maximum atomic E-state index is 11.1. The molecule has 80 valence electrons. The van der Waals surface area contributed by atoms with Crippen molar-refractivity contribution in [2.45, 2.75) is 25.8 Å². The zero-order valence-corrected chi connectivity index (χ0v) is 8.34. The van der Waals surface area contributed by atoms with E-state index in [2.05, 4.69) is 10.6 Å². The van der Waals surface area contributed by atoms with Gasteiger partial charge in [-0.2, -0.15) is 0 Å². The standard InChI is InChI=1S/C9H16N2O3/c1-2-14-6-9(13)10-5-8(12)11-7-3-4-7/h7H,2-6H2,1H3,(H,10,13)(H,11,12). The molecule has 1 rings (SSSR count). The van der Waals surface area contributed by atoms with Gasteiger partial charge in [0.15, 0.2) is 0 Å². The van der Waals surface area contributed by atoms with Gasteiger partial charge in [0.25, 0.3) is 0 Å². The summed E-state index contributed by atoms with van der Waals surface area (Å²) in [4.78, 5) is 22.1. The van der Waals surface area contributed by atoms with Crippen molar-refractivity contribution in [2.24, 2.45) is 0 Å². The molecule has 0 saturated heterocycles. The van der Waals surface area contributed by atoms with Crippen LogP contribution in [0.1, 0.15) is 19.8 Å². The second-order valence-electron chi connectivity index (χ2n) is 3.26. The van der Waals surface area contributed by atoms with E-state index in [0.29, 0.717) is 12.6 Å². The molecule has 0 bridgehead atoms. The first-order valence-corrected chi connectivity index (χ1v) is 4.86. The fourth-order valence-corrected chi connectivity index (χ4v) is 0.931. The van der Waals surface area contributed by atoms with Crippen molar-refractivity contribution in [1.82, 2.24) is 10.6 Å². The van der Waals surface area contributed by atoms with Crippen molar-refractivity contribution in [1.29, 1.82) is 0 Å². The largest absolute Gasteiger partial charge is 0.372 e. The van der Waals surface area contributed by atoms with Gasteiger partial charge >= 0.3 is 0 Å².